The summed E-state index contributed by atoms with van der Waals surface area (Å²) in [6.07, 6.45) is -0.154. The molecule has 0 aliphatic rings. The number of esters is 1. The Kier molecular flexibility index (Phi) is 6.07. The topological polar surface area (TPSA) is 72.5 Å². The first-order valence-electron chi connectivity index (χ1n) is 4.94. The summed E-state index contributed by atoms with van der Waals surface area (Å²) in [5.74, 6) is -1.07. The molecule has 1 amide bonds. The van der Waals surface area contributed by atoms with Gasteiger partial charge in [0, 0.05) is 5.57 Å². The molecule has 0 aliphatic heterocycles. The molecule has 0 spiro atoms. The van der Waals surface area contributed by atoms with Gasteiger partial charge in [-0.3, -0.25) is 9.59 Å². The fraction of sp³-hybridized carbons (Fsp3) is 0.545. The minimum atomic E-state index is -0.493. The second-order valence-electron chi connectivity index (χ2n) is 3.73. The molecule has 0 radical (unpaired) electrons. The van der Waals surface area contributed by atoms with E-state index in [1.165, 1.54) is 6.92 Å². The monoisotopic (exact) mass is 227 g/mol. The molecule has 5 nitrogen and oxygen atoms in total. The molecular formula is C11H17NO4. The van der Waals surface area contributed by atoms with Crippen molar-refractivity contribution in [3.05, 3.63) is 12.2 Å². The first-order valence-corrected chi connectivity index (χ1v) is 4.94. The van der Waals surface area contributed by atoms with E-state index in [2.05, 4.69) is 11.9 Å². The Labute approximate surface area is 94.8 Å². The summed E-state index contributed by atoms with van der Waals surface area (Å²) in [5, 5.41) is 2.54. The summed E-state index contributed by atoms with van der Waals surface area (Å²) >= 11 is 0. The molecule has 0 aliphatic carbocycles. The van der Waals surface area contributed by atoms with E-state index >= 15 is 0 Å². The summed E-state index contributed by atoms with van der Waals surface area (Å²) < 4.78 is 4.83. The lowest BCUT2D eigenvalue weighted by atomic mass is 10.2. The van der Waals surface area contributed by atoms with E-state index in [9.17, 15) is 14.4 Å². The molecule has 0 fully saturated rings. The minimum absolute atomic E-state index is 0.0648. The Morgan fingerprint density at radius 3 is 2.31 bits per heavy atom. The molecular weight excluding hydrogens is 210 g/mol. The highest BCUT2D eigenvalue weighted by molar-refractivity contribution is 5.96. The quantitative estimate of drug-likeness (QED) is 0.409. The Bertz CT molecular complexity index is 309. The maximum atomic E-state index is 11.2. The summed E-state index contributed by atoms with van der Waals surface area (Å²) in [5.41, 5.74) is 0.308. The van der Waals surface area contributed by atoms with Crippen molar-refractivity contribution in [2.45, 2.75) is 33.2 Å². The Balaban J connectivity index is 3.86. The standard InChI is InChI=1S/C11H17NO4/c1-7(2)11(15)16-6-8(3)12-10(14)5-9(4)13/h8H,1,5-6H2,2-4H3,(H,12,14). The highest BCUT2D eigenvalue weighted by Crippen LogP contribution is 1.94. The number of hydrogen-bond donors (Lipinski definition) is 1. The second kappa shape index (κ2) is 6.76. The van der Waals surface area contributed by atoms with Gasteiger partial charge in [0.2, 0.25) is 5.91 Å². The van der Waals surface area contributed by atoms with Crippen molar-refractivity contribution in [2.24, 2.45) is 0 Å². The minimum Gasteiger partial charge on any atom is -0.460 e. The molecule has 0 aromatic rings. The summed E-state index contributed by atoms with van der Waals surface area (Å²) in [7, 11) is 0. The van der Waals surface area contributed by atoms with Gasteiger partial charge in [0.25, 0.3) is 0 Å². The van der Waals surface area contributed by atoms with Gasteiger partial charge in [-0.25, -0.2) is 4.79 Å². The lowest BCUT2D eigenvalue weighted by Crippen LogP contribution is -2.37. The number of ether oxygens (including phenoxy) is 1. The zero-order valence-corrected chi connectivity index (χ0v) is 9.83. The smallest absolute Gasteiger partial charge is 0.333 e. The molecule has 90 valence electrons. The van der Waals surface area contributed by atoms with Gasteiger partial charge in [0.05, 0.1) is 12.5 Å². The molecule has 0 aromatic heterocycles. The van der Waals surface area contributed by atoms with Crippen molar-refractivity contribution in [3.63, 3.8) is 0 Å². The van der Waals surface area contributed by atoms with E-state index in [0.29, 0.717) is 5.57 Å². The van der Waals surface area contributed by atoms with Crippen molar-refractivity contribution >= 4 is 17.7 Å². The Morgan fingerprint density at radius 2 is 1.88 bits per heavy atom. The average Bonchev–Trinajstić information content (AvgIpc) is 2.12. The highest BCUT2D eigenvalue weighted by atomic mass is 16.5. The van der Waals surface area contributed by atoms with Crippen LogP contribution in [-0.4, -0.2) is 30.3 Å². The third kappa shape index (κ3) is 6.75. The fourth-order valence-corrected chi connectivity index (χ4v) is 0.918. The predicted molar refractivity (Wildman–Crippen MR) is 58.7 cm³/mol. The van der Waals surface area contributed by atoms with Gasteiger partial charge < -0.3 is 10.1 Å². The molecule has 0 saturated heterocycles. The summed E-state index contributed by atoms with van der Waals surface area (Å²) in [4.78, 5) is 32.8. The van der Waals surface area contributed by atoms with Crippen molar-refractivity contribution < 1.29 is 19.1 Å². The number of nitrogens with one attached hydrogen (secondary N) is 1. The molecule has 1 N–H and O–H groups in total. The summed E-state index contributed by atoms with van der Waals surface area (Å²) in [6.45, 7) is 8.06. The van der Waals surface area contributed by atoms with Gasteiger partial charge in [-0.1, -0.05) is 6.58 Å². The van der Waals surface area contributed by atoms with Crippen LogP contribution in [0.5, 0.6) is 0 Å². The van der Waals surface area contributed by atoms with Crippen LogP contribution >= 0.6 is 0 Å². The lowest BCUT2D eigenvalue weighted by Gasteiger charge is -2.13. The van der Waals surface area contributed by atoms with Crippen molar-refractivity contribution in [2.75, 3.05) is 6.61 Å². The zero-order chi connectivity index (χ0) is 12.7. The van der Waals surface area contributed by atoms with E-state index in [4.69, 9.17) is 4.74 Å². The van der Waals surface area contributed by atoms with Gasteiger partial charge in [0.15, 0.2) is 0 Å². The number of carbonyl (C=O) groups is 3. The molecule has 0 rings (SSSR count). The van der Waals surface area contributed by atoms with E-state index in [-0.39, 0.29) is 30.8 Å². The Morgan fingerprint density at radius 1 is 1.31 bits per heavy atom. The van der Waals surface area contributed by atoms with Crippen LogP contribution in [0.15, 0.2) is 12.2 Å². The van der Waals surface area contributed by atoms with Crippen molar-refractivity contribution in [3.8, 4) is 0 Å². The molecule has 1 atom stereocenters. The van der Waals surface area contributed by atoms with Crippen molar-refractivity contribution in [1.82, 2.24) is 5.32 Å². The van der Waals surface area contributed by atoms with Crippen LogP contribution in [-0.2, 0) is 19.1 Å². The maximum absolute atomic E-state index is 11.2. The van der Waals surface area contributed by atoms with Gasteiger partial charge >= 0.3 is 5.97 Å². The van der Waals surface area contributed by atoms with Crippen LogP contribution in [0.1, 0.15) is 27.2 Å². The predicted octanol–water partition coefficient (Wildman–Crippen LogP) is 0.590. The van der Waals surface area contributed by atoms with Gasteiger partial charge in [0.1, 0.15) is 12.4 Å². The lowest BCUT2D eigenvalue weighted by molar-refractivity contribution is -0.140. The van der Waals surface area contributed by atoms with Crippen LogP contribution in [0.25, 0.3) is 0 Å². The van der Waals surface area contributed by atoms with E-state index in [1.54, 1.807) is 13.8 Å². The third-order valence-corrected chi connectivity index (χ3v) is 1.63. The summed E-state index contributed by atoms with van der Waals surface area (Å²) in [6, 6.07) is -0.324. The number of carbonyl (C=O) groups excluding carboxylic acids is 3. The number of rotatable bonds is 6. The van der Waals surface area contributed by atoms with Crippen molar-refractivity contribution in [1.29, 1.82) is 0 Å². The van der Waals surface area contributed by atoms with Crippen LogP contribution in [0.3, 0.4) is 0 Å². The Hall–Kier alpha value is -1.65. The fourth-order valence-electron chi connectivity index (χ4n) is 0.918. The largest absolute Gasteiger partial charge is 0.460 e. The van der Waals surface area contributed by atoms with Crippen LogP contribution in [0.4, 0.5) is 0 Å². The second-order valence-corrected chi connectivity index (χ2v) is 3.73. The van der Waals surface area contributed by atoms with E-state index < -0.39 is 5.97 Å². The zero-order valence-electron chi connectivity index (χ0n) is 9.83. The highest BCUT2D eigenvalue weighted by Gasteiger charge is 2.11. The van der Waals surface area contributed by atoms with Crippen LogP contribution in [0.2, 0.25) is 0 Å². The average molecular weight is 227 g/mol. The first kappa shape index (κ1) is 14.3. The van der Waals surface area contributed by atoms with Gasteiger partial charge in [-0.2, -0.15) is 0 Å². The molecule has 5 heteroatoms. The van der Waals surface area contributed by atoms with E-state index in [1.807, 2.05) is 0 Å². The molecule has 0 heterocycles. The first-order chi connectivity index (χ1) is 7.32. The van der Waals surface area contributed by atoms with Crippen LogP contribution in [0, 0.1) is 0 Å². The van der Waals surface area contributed by atoms with Gasteiger partial charge in [-0.15, -0.1) is 0 Å². The van der Waals surface area contributed by atoms with Crippen LogP contribution < -0.4 is 5.32 Å². The number of amides is 1. The maximum Gasteiger partial charge on any atom is 0.333 e. The van der Waals surface area contributed by atoms with Gasteiger partial charge in [-0.05, 0) is 20.8 Å². The SMILES string of the molecule is C=C(C)C(=O)OCC(C)NC(=O)CC(C)=O. The number of hydrogen-bond acceptors (Lipinski definition) is 4. The molecule has 0 bridgehead atoms. The molecule has 1 unspecified atom stereocenters. The third-order valence-electron chi connectivity index (χ3n) is 1.63. The molecule has 16 heavy (non-hydrogen) atoms. The van der Waals surface area contributed by atoms with E-state index in [0.717, 1.165) is 0 Å². The number of Topliss-reactive ketones (excluding diaryl/α,β-unsaturated/α-hetero) is 1. The molecule has 0 saturated carbocycles. The number of ketones is 1. The molecule has 0 aromatic carbocycles. The normalized spacial score (nSPS) is 11.4.